The summed E-state index contributed by atoms with van der Waals surface area (Å²) in [6.07, 6.45) is 1.09. The lowest BCUT2D eigenvalue weighted by molar-refractivity contribution is -0.125. The van der Waals surface area contributed by atoms with Crippen LogP contribution in [0.1, 0.15) is 45.7 Å². The third-order valence-electron chi connectivity index (χ3n) is 4.08. The molecule has 1 aromatic rings. The zero-order valence-electron chi connectivity index (χ0n) is 13.3. The van der Waals surface area contributed by atoms with Crippen LogP contribution < -0.4 is 15.8 Å². The predicted octanol–water partition coefficient (Wildman–Crippen LogP) is 2.63. The molecule has 0 spiro atoms. The van der Waals surface area contributed by atoms with E-state index in [1.165, 1.54) is 0 Å². The van der Waals surface area contributed by atoms with Gasteiger partial charge in [0.05, 0.1) is 12.0 Å². The van der Waals surface area contributed by atoms with Gasteiger partial charge in [-0.05, 0) is 50.8 Å². The summed E-state index contributed by atoms with van der Waals surface area (Å²) in [4.78, 5) is 11.9. The summed E-state index contributed by atoms with van der Waals surface area (Å²) in [7, 11) is 0. The van der Waals surface area contributed by atoms with E-state index in [4.69, 9.17) is 10.5 Å². The van der Waals surface area contributed by atoms with Crippen LogP contribution in [-0.4, -0.2) is 18.1 Å². The molecule has 1 amide bonds. The van der Waals surface area contributed by atoms with Crippen LogP contribution in [0, 0.1) is 11.8 Å². The highest BCUT2D eigenvalue weighted by Gasteiger charge is 2.38. The second-order valence-corrected chi connectivity index (χ2v) is 6.43. The Morgan fingerprint density at radius 3 is 2.71 bits per heavy atom. The molecule has 1 heterocycles. The fraction of sp³-hybridized carbons (Fsp3) is 0.588. The van der Waals surface area contributed by atoms with E-state index in [2.05, 4.69) is 19.2 Å². The van der Waals surface area contributed by atoms with E-state index in [0.29, 0.717) is 6.04 Å². The van der Waals surface area contributed by atoms with Crippen LogP contribution in [0.5, 0.6) is 5.75 Å². The summed E-state index contributed by atoms with van der Waals surface area (Å²) in [5.41, 5.74) is 6.70. The number of hydrogen-bond acceptors (Lipinski definition) is 3. The summed E-state index contributed by atoms with van der Waals surface area (Å²) in [5.74, 6) is 0.689. The van der Waals surface area contributed by atoms with Gasteiger partial charge < -0.3 is 15.8 Å². The quantitative estimate of drug-likeness (QED) is 0.896. The highest BCUT2D eigenvalue weighted by atomic mass is 16.5. The molecule has 0 radical (unpaired) electrons. The van der Waals surface area contributed by atoms with Gasteiger partial charge >= 0.3 is 0 Å². The summed E-state index contributed by atoms with van der Waals surface area (Å²) in [6, 6.07) is 8.28. The number of ether oxygens (including phenoxy) is 1. The number of benzene rings is 1. The monoisotopic (exact) mass is 290 g/mol. The molecule has 21 heavy (non-hydrogen) atoms. The Morgan fingerprint density at radius 1 is 1.38 bits per heavy atom. The lowest BCUT2D eigenvalue weighted by Crippen LogP contribution is -2.49. The van der Waals surface area contributed by atoms with Crippen molar-refractivity contribution in [1.29, 1.82) is 0 Å². The number of carbonyl (C=O) groups is 1. The van der Waals surface area contributed by atoms with Gasteiger partial charge in [-0.2, -0.15) is 0 Å². The Morgan fingerprint density at radius 2 is 2.10 bits per heavy atom. The summed E-state index contributed by atoms with van der Waals surface area (Å²) in [5, 5.41) is 3.52. The third kappa shape index (κ3) is 3.76. The zero-order chi connectivity index (χ0) is 15.6. The average Bonchev–Trinajstić information content (AvgIpc) is 2.36. The van der Waals surface area contributed by atoms with Crippen LogP contribution in [-0.2, 0) is 4.79 Å². The SMILES string of the molecule is CC1CC(C)C(C(N)=O)C(c2cccc(OC(C)C)c2)N1. The molecule has 4 unspecified atom stereocenters. The molecule has 1 fully saturated rings. The van der Waals surface area contributed by atoms with Crippen LogP contribution in [0.3, 0.4) is 0 Å². The number of primary amides is 1. The smallest absolute Gasteiger partial charge is 0.222 e. The minimum atomic E-state index is -0.234. The number of rotatable bonds is 4. The number of piperidine rings is 1. The van der Waals surface area contributed by atoms with Crippen molar-refractivity contribution in [3.8, 4) is 5.75 Å². The second-order valence-electron chi connectivity index (χ2n) is 6.43. The maximum Gasteiger partial charge on any atom is 0.222 e. The molecule has 0 bridgehead atoms. The van der Waals surface area contributed by atoms with Crippen molar-refractivity contribution in [2.24, 2.45) is 17.6 Å². The van der Waals surface area contributed by atoms with E-state index in [1.54, 1.807) is 0 Å². The number of nitrogens with two attached hydrogens (primary N) is 1. The minimum absolute atomic E-state index is 0.0445. The van der Waals surface area contributed by atoms with Gasteiger partial charge in [-0.3, -0.25) is 4.79 Å². The lowest BCUT2D eigenvalue weighted by Gasteiger charge is -2.39. The third-order valence-corrected chi connectivity index (χ3v) is 4.08. The van der Waals surface area contributed by atoms with Crippen LogP contribution in [0.25, 0.3) is 0 Å². The molecule has 0 aromatic heterocycles. The van der Waals surface area contributed by atoms with Gasteiger partial charge in [0.15, 0.2) is 0 Å². The van der Waals surface area contributed by atoms with Gasteiger partial charge in [-0.1, -0.05) is 19.1 Å². The first-order chi connectivity index (χ1) is 9.88. The van der Waals surface area contributed by atoms with Crippen LogP contribution in [0.15, 0.2) is 24.3 Å². The Hall–Kier alpha value is -1.55. The number of hydrogen-bond donors (Lipinski definition) is 2. The first-order valence-corrected chi connectivity index (χ1v) is 7.70. The summed E-state index contributed by atoms with van der Waals surface area (Å²) < 4.78 is 5.75. The van der Waals surface area contributed by atoms with Crippen molar-refractivity contribution in [1.82, 2.24) is 5.32 Å². The Labute approximate surface area is 127 Å². The maximum atomic E-state index is 11.9. The fourth-order valence-corrected chi connectivity index (χ4v) is 3.31. The Balaban J connectivity index is 2.30. The van der Waals surface area contributed by atoms with Crippen molar-refractivity contribution >= 4 is 5.91 Å². The molecule has 1 aliphatic rings. The fourth-order valence-electron chi connectivity index (χ4n) is 3.31. The van der Waals surface area contributed by atoms with Crippen LogP contribution in [0.2, 0.25) is 0 Å². The van der Waals surface area contributed by atoms with Crippen molar-refractivity contribution in [2.75, 3.05) is 0 Å². The normalized spacial score (nSPS) is 29.4. The van der Waals surface area contributed by atoms with E-state index in [9.17, 15) is 4.79 Å². The molecule has 4 nitrogen and oxygen atoms in total. The van der Waals surface area contributed by atoms with Gasteiger partial charge in [0, 0.05) is 12.1 Å². The molecule has 4 heteroatoms. The number of carbonyl (C=O) groups excluding carboxylic acids is 1. The topological polar surface area (TPSA) is 64.4 Å². The van der Waals surface area contributed by atoms with Crippen LogP contribution >= 0.6 is 0 Å². The second kappa shape index (κ2) is 6.48. The molecule has 0 aliphatic carbocycles. The molecule has 0 saturated carbocycles. The van der Waals surface area contributed by atoms with Gasteiger partial charge in [0.1, 0.15) is 5.75 Å². The zero-order valence-corrected chi connectivity index (χ0v) is 13.3. The van der Waals surface area contributed by atoms with Crippen molar-refractivity contribution in [2.45, 2.75) is 52.3 Å². The van der Waals surface area contributed by atoms with Crippen molar-refractivity contribution in [3.63, 3.8) is 0 Å². The molecule has 2 rings (SSSR count). The van der Waals surface area contributed by atoms with E-state index in [0.717, 1.165) is 17.7 Å². The average molecular weight is 290 g/mol. The van der Waals surface area contributed by atoms with E-state index in [1.807, 2.05) is 38.1 Å². The molecular formula is C17H26N2O2. The van der Waals surface area contributed by atoms with Crippen molar-refractivity contribution < 1.29 is 9.53 Å². The number of nitrogens with one attached hydrogen (secondary N) is 1. The molecule has 4 atom stereocenters. The predicted molar refractivity (Wildman–Crippen MR) is 84.0 cm³/mol. The van der Waals surface area contributed by atoms with Crippen molar-refractivity contribution in [3.05, 3.63) is 29.8 Å². The van der Waals surface area contributed by atoms with Gasteiger partial charge in [0.2, 0.25) is 5.91 Å². The molecule has 116 valence electrons. The van der Waals surface area contributed by atoms with E-state index < -0.39 is 0 Å². The van der Waals surface area contributed by atoms with Gasteiger partial charge in [0.25, 0.3) is 0 Å². The standard InChI is InChI=1S/C17H26N2O2/c1-10(2)21-14-7-5-6-13(9-14)16-15(17(18)20)11(3)8-12(4)19-16/h5-7,9-12,15-16,19H,8H2,1-4H3,(H2,18,20). The minimum Gasteiger partial charge on any atom is -0.491 e. The van der Waals surface area contributed by atoms with Gasteiger partial charge in [-0.15, -0.1) is 0 Å². The maximum absolute atomic E-state index is 11.9. The van der Waals surface area contributed by atoms with E-state index >= 15 is 0 Å². The first kappa shape index (κ1) is 15.8. The Kier molecular flexibility index (Phi) is 4.88. The van der Waals surface area contributed by atoms with Gasteiger partial charge in [-0.25, -0.2) is 0 Å². The Bertz CT molecular complexity index is 501. The lowest BCUT2D eigenvalue weighted by atomic mass is 9.76. The largest absolute Gasteiger partial charge is 0.491 e. The summed E-state index contributed by atoms with van der Waals surface area (Å²) >= 11 is 0. The molecule has 3 N–H and O–H groups in total. The highest BCUT2D eigenvalue weighted by molar-refractivity contribution is 5.78. The van der Waals surface area contributed by atoms with E-state index in [-0.39, 0.29) is 29.9 Å². The highest BCUT2D eigenvalue weighted by Crippen LogP contribution is 2.36. The number of amides is 1. The summed E-state index contributed by atoms with van der Waals surface area (Å²) in [6.45, 7) is 8.26. The first-order valence-electron chi connectivity index (χ1n) is 7.70. The molecule has 1 saturated heterocycles. The van der Waals surface area contributed by atoms with Crippen LogP contribution in [0.4, 0.5) is 0 Å². The molecular weight excluding hydrogens is 264 g/mol. The molecule has 1 aromatic carbocycles. The molecule has 1 aliphatic heterocycles.